The number of hydrogen-bond acceptors (Lipinski definition) is 5. The first kappa shape index (κ1) is 22.8. The SMILES string of the molecule is CCOCC(C)(C)c1cc(NC(=O)C(C)(C)SCCCC(F)(F)F)on1. The number of aromatic nitrogens is 1. The Hall–Kier alpha value is -1.22. The van der Waals surface area contributed by atoms with E-state index in [-0.39, 0.29) is 29.4 Å². The van der Waals surface area contributed by atoms with E-state index in [9.17, 15) is 18.0 Å². The average molecular weight is 396 g/mol. The van der Waals surface area contributed by atoms with Crippen LogP contribution < -0.4 is 5.32 Å². The minimum absolute atomic E-state index is 0.0249. The number of nitrogens with one attached hydrogen (secondary N) is 1. The summed E-state index contributed by atoms with van der Waals surface area (Å²) in [6.07, 6.45) is -5.04. The maximum atomic E-state index is 12.4. The third-order valence-electron chi connectivity index (χ3n) is 3.72. The van der Waals surface area contributed by atoms with Crippen LogP contribution >= 0.6 is 11.8 Å². The standard InChI is InChI=1S/C17H27F3N2O3S/c1-6-24-11-15(2,3)12-10-13(25-22-12)21-14(23)16(4,5)26-9-7-8-17(18,19)20/h10H,6-9,11H2,1-5H3,(H,21,23). The molecule has 0 atom stereocenters. The summed E-state index contributed by atoms with van der Waals surface area (Å²) < 4.78 is 46.2. The second-order valence-electron chi connectivity index (χ2n) is 7.13. The largest absolute Gasteiger partial charge is 0.389 e. The van der Waals surface area contributed by atoms with Gasteiger partial charge in [0.25, 0.3) is 0 Å². The molecule has 1 N–H and O–H groups in total. The third kappa shape index (κ3) is 7.57. The molecule has 1 amide bonds. The van der Waals surface area contributed by atoms with Crippen LogP contribution in [-0.4, -0.2) is 41.0 Å². The van der Waals surface area contributed by atoms with Gasteiger partial charge in [-0.15, -0.1) is 11.8 Å². The Kier molecular flexibility index (Phi) is 8.01. The average Bonchev–Trinajstić information content (AvgIpc) is 2.98. The van der Waals surface area contributed by atoms with E-state index in [2.05, 4.69) is 10.5 Å². The number of hydrogen-bond donors (Lipinski definition) is 1. The second-order valence-corrected chi connectivity index (χ2v) is 8.85. The van der Waals surface area contributed by atoms with E-state index in [1.807, 2.05) is 20.8 Å². The van der Waals surface area contributed by atoms with E-state index in [0.29, 0.717) is 18.9 Å². The fourth-order valence-corrected chi connectivity index (χ4v) is 2.99. The molecular formula is C17H27F3N2O3S. The summed E-state index contributed by atoms with van der Waals surface area (Å²) in [4.78, 5) is 12.4. The zero-order chi connectivity index (χ0) is 20.0. The molecule has 1 aromatic rings. The Morgan fingerprint density at radius 1 is 1.31 bits per heavy atom. The third-order valence-corrected chi connectivity index (χ3v) is 5.12. The van der Waals surface area contributed by atoms with Crippen LogP contribution in [0.5, 0.6) is 0 Å². The highest BCUT2D eigenvalue weighted by molar-refractivity contribution is 8.01. The van der Waals surface area contributed by atoms with Crippen LogP contribution in [0.2, 0.25) is 0 Å². The molecular weight excluding hydrogens is 369 g/mol. The molecule has 26 heavy (non-hydrogen) atoms. The molecule has 0 saturated heterocycles. The predicted molar refractivity (Wildman–Crippen MR) is 96.5 cm³/mol. The van der Waals surface area contributed by atoms with Crippen molar-refractivity contribution >= 4 is 23.6 Å². The fraction of sp³-hybridized carbons (Fsp3) is 0.765. The van der Waals surface area contributed by atoms with Gasteiger partial charge in [-0.3, -0.25) is 10.1 Å². The zero-order valence-electron chi connectivity index (χ0n) is 15.8. The maximum Gasteiger partial charge on any atom is 0.389 e. The van der Waals surface area contributed by atoms with Crippen molar-refractivity contribution in [3.63, 3.8) is 0 Å². The van der Waals surface area contributed by atoms with Gasteiger partial charge in [0.05, 0.1) is 17.0 Å². The smallest absolute Gasteiger partial charge is 0.381 e. The van der Waals surface area contributed by atoms with Crippen molar-refractivity contribution in [3.05, 3.63) is 11.8 Å². The van der Waals surface area contributed by atoms with Gasteiger partial charge in [0.1, 0.15) is 0 Å². The molecule has 0 spiro atoms. The van der Waals surface area contributed by atoms with Gasteiger partial charge in [0.15, 0.2) is 0 Å². The number of amides is 1. The van der Waals surface area contributed by atoms with Crippen molar-refractivity contribution in [3.8, 4) is 0 Å². The molecule has 5 nitrogen and oxygen atoms in total. The Morgan fingerprint density at radius 3 is 2.54 bits per heavy atom. The molecule has 0 aliphatic rings. The molecule has 0 bridgehead atoms. The van der Waals surface area contributed by atoms with E-state index < -0.39 is 17.3 Å². The van der Waals surface area contributed by atoms with Gasteiger partial charge in [0, 0.05) is 24.5 Å². The number of nitrogens with zero attached hydrogens (tertiary/aromatic N) is 1. The minimum atomic E-state index is -4.17. The Labute approximate surface area is 156 Å². The lowest BCUT2D eigenvalue weighted by Gasteiger charge is -2.22. The van der Waals surface area contributed by atoms with Crippen LogP contribution in [0.15, 0.2) is 10.6 Å². The summed E-state index contributed by atoms with van der Waals surface area (Å²) in [5.74, 6) is 0.0987. The van der Waals surface area contributed by atoms with Gasteiger partial charge in [0.2, 0.25) is 11.8 Å². The lowest BCUT2D eigenvalue weighted by atomic mass is 9.90. The van der Waals surface area contributed by atoms with Crippen LogP contribution in [0.1, 0.15) is 53.2 Å². The van der Waals surface area contributed by atoms with Crippen LogP contribution in [0.3, 0.4) is 0 Å². The number of rotatable bonds is 10. The first-order valence-electron chi connectivity index (χ1n) is 8.44. The Balaban J connectivity index is 2.58. The van der Waals surface area contributed by atoms with Gasteiger partial charge in [-0.25, -0.2) is 0 Å². The van der Waals surface area contributed by atoms with Crippen molar-refractivity contribution in [2.75, 3.05) is 24.3 Å². The Bertz CT molecular complexity index is 586. The summed E-state index contributed by atoms with van der Waals surface area (Å²) in [6, 6.07) is 1.64. The summed E-state index contributed by atoms with van der Waals surface area (Å²) in [7, 11) is 0. The summed E-state index contributed by atoms with van der Waals surface area (Å²) in [5, 5.41) is 6.61. The molecule has 1 aromatic heterocycles. The lowest BCUT2D eigenvalue weighted by molar-refractivity contribution is -0.134. The molecule has 0 aliphatic carbocycles. The molecule has 1 heterocycles. The molecule has 9 heteroatoms. The first-order chi connectivity index (χ1) is 11.9. The van der Waals surface area contributed by atoms with E-state index >= 15 is 0 Å². The van der Waals surface area contributed by atoms with E-state index in [1.54, 1.807) is 19.9 Å². The second kappa shape index (κ2) is 9.12. The highest BCUT2D eigenvalue weighted by Crippen LogP contribution is 2.30. The van der Waals surface area contributed by atoms with Gasteiger partial charge in [-0.05, 0) is 32.9 Å². The number of carbonyl (C=O) groups is 1. The molecule has 0 radical (unpaired) electrons. The summed E-state index contributed by atoms with van der Waals surface area (Å²) in [6.45, 7) is 10.2. The molecule has 0 aliphatic heterocycles. The van der Waals surface area contributed by atoms with Gasteiger partial charge >= 0.3 is 6.18 Å². The molecule has 0 aromatic carbocycles. The number of ether oxygens (including phenoxy) is 1. The van der Waals surface area contributed by atoms with Crippen molar-refractivity contribution < 1.29 is 27.2 Å². The summed E-state index contributed by atoms with van der Waals surface area (Å²) in [5.41, 5.74) is 0.279. The van der Waals surface area contributed by atoms with Crippen LogP contribution in [0.4, 0.5) is 19.1 Å². The molecule has 0 unspecified atom stereocenters. The van der Waals surface area contributed by atoms with Crippen molar-refractivity contribution in [2.45, 2.75) is 63.8 Å². The topological polar surface area (TPSA) is 64.4 Å². The maximum absolute atomic E-state index is 12.4. The van der Waals surface area contributed by atoms with E-state index in [0.717, 1.165) is 0 Å². The summed E-state index contributed by atoms with van der Waals surface area (Å²) >= 11 is 1.18. The number of carbonyl (C=O) groups excluding carboxylic acids is 1. The normalized spacial score (nSPS) is 13.1. The van der Waals surface area contributed by atoms with Crippen LogP contribution in [0.25, 0.3) is 0 Å². The molecule has 0 saturated carbocycles. The Morgan fingerprint density at radius 2 is 1.96 bits per heavy atom. The van der Waals surface area contributed by atoms with Crippen LogP contribution in [0, 0.1) is 0 Å². The van der Waals surface area contributed by atoms with Crippen molar-refractivity contribution in [2.24, 2.45) is 0 Å². The monoisotopic (exact) mass is 396 g/mol. The first-order valence-corrected chi connectivity index (χ1v) is 9.43. The fourth-order valence-electron chi connectivity index (χ4n) is 2.01. The molecule has 0 fully saturated rings. The van der Waals surface area contributed by atoms with E-state index in [1.165, 1.54) is 11.8 Å². The van der Waals surface area contributed by atoms with Gasteiger partial charge < -0.3 is 9.26 Å². The van der Waals surface area contributed by atoms with Crippen molar-refractivity contribution in [1.82, 2.24) is 5.16 Å². The van der Waals surface area contributed by atoms with Crippen molar-refractivity contribution in [1.29, 1.82) is 0 Å². The van der Waals surface area contributed by atoms with Gasteiger partial charge in [-0.2, -0.15) is 13.2 Å². The van der Waals surface area contributed by atoms with E-state index in [4.69, 9.17) is 9.26 Å². The minimum Gasteiger partial charge on any atom is -0.381 e. The highest BCUT2D eigenvalue weighted by Gasteiger charge is 2.32. The number of anilines is 1. The number of halogens is 3. The number of alkyl halides is 3. The molecule has 150 valence electrons. The quantitative estimate of drug-likeness (QED) is 0.577. The lowest BCUT2D eigenvalue weighted by Crippen LogP contribution is -2.34. The molecule has 1 rings (SSSR count). The number of thioether (sulfide) groups is 1. The van der Waals surface area contributed by atoms with Gasteiger partial charge in [-0.1, -0.05) is 19.0 Å². The predicted octanol–water partition coefficient (Wildman–Crippen LogP) is 4.78. The highest BCUT2D eigenvalue weighted by atomic mass is 32.2. The van der Waals surface area contributed by atoms with Crippen LogP contribution in [-0.2, 0) is 14.9 Å². The zero-order valence-corrected chi connectivity index (χ0v) is 16.6.